The van der Waals surface area contributed by atoms with Crippen LogP contribution in [0.2, 0.25) is 0 Å². The van der Waals surface area contributed by atoms with Crippen molar-refractivity contribution in [2.75, 3.05) is 0 Å². The van der Waals surface area contributed by atoms with E-state index >= 15 is 0 Å². The van der Waals surface area contributed by atoms with Crippen molar-refractivity contribution in [3.63, 3.8) is 0 Å². The molecule has 2 heteroatoms. The molecule has 0 aliphatic heterocycles. The largest absolute Gasteiger partial charge is 0.397 e. The van der Waals surface area contributed by atoms with Gasteiger partial charge in [-0.1, -0.05) is 0 Å². The Kier molecular flexibility index (Phi) is 0.463. The molecule has 0 bridgehead atoms. The third-order valence-electron chi connectivity index (χ3n) is 0.244. The van der Waals surface area contributed by atoms with Crippen molar-refractivity contribution in [2.45, 2.75) is 0 Å². The Morgan fingerprint density at radius 1 is 1.60 bits per heavy atom. The monoisotopic (exact) mass is 82.0 g/mol. The van der Waals surface area contributed by atoms with Crippen LogP contribution in [0.5, 0.6) is 0 Å². The van der Waals surface area contributed by atoms with Crippen LogP contribution in [0.1, 0.15) is 0 Å². The van der Waals surface area contributed by atoms with Gasteiger partial charge in [-0.15, -0.1) is 0 Å². The van der Waals surface area contributed by atoms with E-state index in [-0.39, 0.29) is 0 Å². The van der Waals surface area contributed by atoms with E-state index in [1.807, 2.05) is 0 Å². The predicted octanol–water partition coefficient (Wildman–Crippen LogP) is -0.251. The number of aromatic nitrogens is 1. The molecule has 0 saturated carbocycles. The molecule has 0 unspecified atom stereocenters. The lowest BCUT2D eigenvalue weighted by molar-refractivity contribution is -0.201. The molecule has 1 aromatic heterocycles. The molecule has 0 aromatic carbocycles. The third kappa shape index (κ3) is 0.289. The van der Waals surface area contributed by atoms with Crippen LogP contribution in [0.3, 0.4) is 0 Å². The first kappa shape index (κ1) is 2.50. The number of hydrogen-bond acceptors (Lipinski definition) is 1. The summed E-state index contributed by atoms with van der Waals surface area (Å²) in [6.45, 7) is 0. The SMILES string of the molecule is c1c#[n+]sc#1. The first-order valence-corrected chi connectivity index (χ1v) is 1.88. The first-order chi connectivity index (χ1) is 2.50. The maximum Gasteiger partial charge on any atom is 0.397 e. The fraction of sp³-hybridized carbons (Fsp3) is 0. The van der Waals surface area contributed by atoms with Gasteiger partial charge in [-0.2, -0.15) is 0 Å². The van der Waals surface area contributed by atoms with Crippen molar-refractivity contribution < 1.29 is 4.37 Å². The van der Waals surface area contributed by atoms with Gasteiger partial charge in [0.15, 0.2) is 0 Å². The summed E-state index contributed by atoms with van der Waals surface area (Å²) in [6, 6.07) is 2.52. The highest BCUT2D eigenvalue weighted by molar-refractivity contribution is 6.97. The molecule has 0 spiro atoms. The van der Waals surface area contributed by atoms with Crippen LogP contribution >= 0.6 is 11.5 Å². The van der Waals surface area contributed by atoms with Crippen LogP contribution in [-0.4, -0.2) is 0 Å². The Hall–Kier alpha value is -0.730. The lowest BCUT2D eigenvalue weighted by atomic mass is 11.0. The quantitative estimate of drug-likeness (QED) is 0.421. The van der Waals surface area contributed by atoms with Crippen LogP contribution < -0.4 is 4.37 Å². The van der Waals surface area contributed by atoms with Crippen LogP contribution in [0.15, 0.2) is 0 Å². The van der Waals surface area contributed by atoms with Crippen LogP contribution in [0.25, 0.3) is 0 Å². The Bertz CT molecular complexity index is 63.4. The van der Waals surface area contributed by atoms with Gasteiger partial charge in [-0.3, -0.25) is 0 Å². The van der Waals surface area contributed by atoms with Gasteiger partial charge in [0.1, 0.15) is 0 Å². The summed E-state index contributed by atoms with van der Waals surface area (Å²) < 4.78 is 3.53. The minimum atomic E-state index is 1.23. The van der Waals surface area contributed by atoms with Gasteiger partial charge < -0.3 is 0 Å². The zero-order valence-electron chi connectivity index (χ0n) is 2.36. The zero-order valence-corrected chi connectivity index (χ0v) is 3.17. The summed E-state index contributed by atoms with van der Waals surface area (Å²) >= 11 is 1.23. The molecule has 1 nitrogen and oxygen atoms in total. The molecule has 0 atom stereocenters. The molecule has 0 N–H and O–H groups in total. The molecule has 5 heavy (non-hydrogen) atoms. The summed E-state index contributed by atoms with van der Waals surface area (Å²) in [7, 11) is 0. The fourth-order valence-corrected chi connectivity index (χ4v) is 0.342. The van der Waals surface area contributed by atoms with Gasteiger partial charge in [-0.25, -0.2) is 0 Å². The highest BCUT2D eigenvalue weighted by Crippen LogP contribution is 1.57. The standard InChI is InChI=1S/C3NS/c1-2-4-5-3-1/q+1. The first-order valence-electron chi connectivity index (χ1n) is 1.11. The number of rotatable bonds is 0. The summed E-state index contributed by atoms with van der Waals surface area (Å²) in [5.41, 5.74) is 0. The molecule has 1 aromatic rings. The van der Waals surface area contributed by atoms with Gasteiger partial charge in [0.25, 0.3) is 0 Å². The smallest absolute Gasteiger partial charge is 0.0681 e. The Labute approximate surface area is 34.4 Å². The summed E-state index contributed by atoms with van der Waals surface area (Å²) in [6.07, 6.45) is 2.45. The highest BCUT2D eigenvalue weighted by atomic mass is 32.1. The van der Waals surface area contributed by atoms with E-state index in [1.54, 1.807) is 0 Å². The minimum Gasteiger partial charge on any atom is 0.0681 e. The summed E-state index contributed by atoms with van der Waals surface area (Å²) in [4.78, 5) is 0. The van der Waals surface area contributed by atoms with Crippen molar-refractivity contribution in [2.24, 2.45) is 0 Å². The van der Waals surface area contributed by atoms with Gasteiger partial charge >= 0.3 is 17.7 Å². The second-order valence-corrected chi connectivity index (χ2v) is 1.09. The predicted molar refractivity (Wildman–Crippen MR) is 16.4 cm³/mol. The van der Waals surface area contributed by atoms with E-state index in [4.69, 9.17) is 0 Å². The van der Waals surface area contributed by atoms with Gasteiger partial charge in [0, 0.05) is 0 Å². The van der Waals surface area contributed by atoms with Gasteiger partial charge in [-0.05, 0) is 0 Å². The van der Waals surface area contributed by atoms with Crippen molar-refractivity contribution in [3.05, 3.63) is 17.6 Å². The van der Waals surface area contributed by atoms with E-state index in [0.29, 0.717) is 0 Å². The lowest BCUT2D eigenvalue weighted by Crippen LogP contribution is -1.68. The highest BCUT2D eigenvalue weighted by Gasteiger charge is 1.66. The molecule has 0 saturated heterocycles. The van der Waals surface area contributed by atoms with E-state index in [9.17, 15) is 0 Å². The molecule has 1 heterocycles. The molecular weight excluding hydrogens is 82.1 g/mol. The Balaban J connectivity index is 3.13. The van der Waals surface area contributed by atoms with Crippen LogP contribution in [0, 0.1) is 17.6 Å². The molecule has 0 radical (unpaired) electrons. The third-order valence-corrected chi connectivity index (χ3v) is 0.620. The Morgan fingerprint density at radius 3 is 2.80 bits per heavy atom. The van der Waals surface area contributed by atoms with Crippen LogP contribution in [-0.2, 0) is 0 Å². The summed E-state index contributed by atoms with van der Waals surface area (Å²) in [5.74, 6) is 0. The van der Waals surface area contributed by atoms with E-state index < -0.39 is 0 Å². The Morgan fingerprint density at radius 2 is 2.60 bits per heavy atom. The van der Waals surface area contributed by atoms with Crippen molar-refractivity contribution in [1.82, 2.24) is 0 Å². The topological polar surface area (TPSA) is 14.1 Å². The average molecular weight is 82.1 g/mol. The van der Waals surface area contributed by atoms with Crippen molar-refractivity contribution in [1.29, 1.82) is 0 Å². The van der Waals surface area contributed by atoms with E-state index in [2.05, 4.69) is 22.0 Å². The molecule has 0 fully saturated rings. The number of hydrogen-bond donors (Lipinski definition) is 0. The second-order valence-electron chi connectivity index (χ2n) is 0.521. The van der Waals surface area contributed by atoms with Crippen molar-refractivity contribution >= 4 is 11.5 Å². The number of nitrogens with zero attached hydrogens (tertiary/aromatic N) is 1. The van der Waals surface area contributed by atoms with E-state index in [1.165, 1.54) is 11.5 Å². The fourth-order valence-electron chi connectivity index (χ4n) is 0.114. The maximum atomic E-state index is 3.53. The zero-order chi connectivity index (χ0) is 3.54. The second kappa shape index (κ2) is 0.924. The molecule has 0 amide bonds. The molecule has 1 rings (SSSR count). The van der Waals surface area contributed by atoms with Crippen LogP contribution in [0.4, 0.5) is 0 Å². The van der Waals surface area contributed by atoms with Gasteiger partial charge in [0.05, 0.1) is 15.8 Å². The van der Waals surface area contributed by atoms with E-state index in [0.717, 1.165) is 0 Å². The lowest BCUT2D eigenvalue weighted by Gasteiger charge is -1.04. The maximum absolute atomic E-state index is 3.53. The molecule has 22 valence electrons. The summed E-state index contributed by atoms with van der Waals surface area (Å²) in [5, 5.41) is 2.61. The molecule has 0 aliphatic rings. The average Bonchev–Trinajstić information content (AvgIpc) is 1.76. The van der Waals surface area contributed by atoms with Crippen molar-refractivity contribution in [3.8, 4) is 0 Å². The minimum absolute atomic E-state index is 1.23. The normalized spacial score (nSPS) is 4.80. The molecular formula is C3NS+. The van der Waals surface area contributed by atoms with Gasteiger partial charge in [0.2, 0.25) is 0 Å². The molecule has 0 aliphatic carbocycles.